The van der Waals surface area contributed by atoms with Crippen LogP contribution in [0.2, 0.25) is 0 Å². The number of hydrogen-bond donors (Lipinski definition) is 1. The van der Waals surface area contributed by atoms with E-state index in [-0.39, 0.29) is 11.9 Å². The predicted molar refractivity (Wildman–Crippen MR) is 108 cm³/mol. The van der Waals surface area contributed by atoms with Crippen LogP contribution in [-0.2, 0) is 4.79 Å². The van der Waals surface area contributed by atoms with Crippen LogP contribution in [0.5, 0.6) is 5.75 Å². The summed E-state index contributed by atoms with van der Waals surface area (Å²) >= 11 is 0. The number of rotatable bonds is 8. The Morgan fingerprint density at radius 3 is 2.58 bits per heavy atom. The Morgan fingerprint density at radius 2 is 1.96 bits per heavy atom. The third kappa shape index (κ3) is 6.01. The lowest BCUT2D eigenvalue weighted by molar-refractivity contribution is -0.128. The summed E-state index contributed by atoms with van der Waals surface area (Å²) in [6, 6.07) is 6.50. The molecule has 4 heteroatoms. The predicted octanol–water partition coefficient (Wildman–Crippen LogP) is 4.27. The molecule has 1 aromatic rings. The number of ether oxygens (including phenoxy) is 1. The van der Waals surface area contributed by atoms with E-state index in [4.69, 9.17) is 4.74 Å². The van der Waals surface area contributed by atoms with Gasteiger partial charge >= 0.3 is 0 Å². The van der Waals surface area contributed by atoms with Crippen molar-refractivity contribution in [2.24, 2.45) is 0 Å². The molecule has 1 heterocycles. The molecule has 1 saturated heterocycles. The monoisotopic (exact) mass is 360 g/mol. The van der Waals surface area contributed by atoms with Gasteiger partial charge in [0, 0.05) is 19.1 Å². The number of likely N-dealkylation sites (tertiary alicyclic amines) is 1. The maximum absolute atomic E-state index is 12.6. The molecule has 1 fully saturated rings. The van der Waals surface area contributed by atoms with Crippen molar-refractivity contribution in [3.63, 3.8) is 0 Å². The molecule has 1 aliphatic rings. The summed E-state index contributed by atoms with van der Waals surface area (Å²) < 4.78 is 6.04. The molecule has 1 atom stereocenters. The highest BCUT2D eigenvalue weighted by atomic mass is 16.5. The first-order valence-corrected chi connectivity index (χ1v) is 10.2. The third-order valence-electron chi connectivity index (χ3n) is 5.23. The van der Waals surface area contributed by atoms with Crippen LogP contribution >= 0.6 is 0 Å². The number of carbonyl (C=O) groups excluding carboxylic acids is 1. The summed E-state index contributed by atoms with van der Waals surface area (Å²) in [5.41, 5.74) is 2.30. The number of nitrogens with one attached hydrogen (secondary N) is 1. The fourth-order valence-electron chi connectivity index (χ4n) is 3.47. The minimum atomic E-state index is -0.479. The largest absolute Gasteiger partial charge is 0.481 e. The number of benzene rings is 1. The fourth-order valence-corrected chi connectivity index (χ4v) is 3.47. The van der Waals surface area contributed by atoms with Crippen LogP contribution < -0.4 is 10.1 Å². The molecule has 0 aliphatic carbocycles. The van der Waals surface area contributed by atoms with E-state index in [0.717, 1.165) is 42.8 Å². The Morgan fingerprint density at radius 1 is 1.27 bits per heavy atom. The summed E-state index contributed by atoms with van der Waals surface area (Å²) in [6.07, 6.45) is 4.08. The molecule has 1 aliphatic heterocycles. The van der Waals surface area contributed by atoms with Crippen LogP contribution in [0.1, 0.15) is 70.4 Å². The zero-order chi connectivity index (χ0) is 19.1. The number of unbranched alkanes of at least 4 members (excludes halogenated alkanes) is 1. The van der Waals surface area contributed by atoms with E-state index >= 15 is 0 Å². The van der Waals surface area contributed by atoms with Crippen molar-refractivity contribution in [2.45, 2.75) is 78.4 Å². The van der Waals surface area contributed by atoms with Crippen molar-refractivity contribution in [2.75, 3.05) is 19.6 Å². The van der Waals surface area contributed by atoms with Gasteiger partial charge in [-0.25, -0.2) is 0 Å². The lowest BCUT2D eigenvalue weighted by atomic mass is 10.0. The molecule has 26 heavy (non-hydrogen) atoms. The zero-order valence-electron chi connectivity index (χ0n) is 17.2. The highest BCUT2D eigenvalue weighted by molar-refractivity contribution is 5.81. The van der Waals surface area contributed by atoms with Gasteiger partial charge in [0.15, 0.2) is 6.10 Å². The van der Waals surface area contributed by atoms with Crippen LogP contribution in [0.4, 0.5) is 0 Å². The number of aryl methyl sites for hydroxylation is 1. The summed E-state index contributed by atoms with van der Waals surface area (Å²) in [6.45, 7) is 13.8. The van der Waals surface area contributed by atoms with Gasteiger partial charge in [0.25, 0.3) is 5.91 Å². The van der Waals surface area contributed by atoms with Gasteiger partial charge in [-0.3, -0.25) is 4.79 Å². The number of amides is 1. The Labute approximate surface area is 159 Å². The van der Waals surface area contributed by atoms with E-state index in [1.54, 1.807) is 0 Å². The summed E-state index contributed by atoms with van der Waals surface area (Å²) in [5.74, 6) is 1.19. The van der Waals surface area contributed by atoms with Crippen molar-refractivity contribution >= 4 is 5.91 Å². The summed E-state index contributed by atoms with van der Waals surface area (Å²) in [4.78, 5) is 15.1. The maximum atomic E-state index is 12.6. The van der Waals surface area contributed by atoms with E-state index in [2.05, 4.69) is 43.1 Å². The molecule has 146 valence electrons. The molecule has 0 saturated carbocycles. The second kappa shape index (κ2) is 9.96. The van der Waals surface area contributed by atoms with Crippen molar-refractivity contribution in [1.82, 2.24) is 10.2 Å². The molecule has 1 unspecified atom stereocenters. The molecule has 4 nitrogen and oxygen atoms in total. The SMILES string of the molecule is CCCCN1CCC(NC(=O)C(C)Oc2cc(C)ccc2C(C)C)CC1. The lowest BCUT2D eigenvalue weighted by Gasteiger charge is -2.32. The van der Waals surface area contributed by atoms with Crippen LogP contribution in [0.15, 0.2) is 18.2 Å². The van der Waals surface area contributed by atoms with E-state index in [9.17, 15) is 4.79 Å². The molecule has 2 rings (SSSR count). The molecule has 0 spiro atoms. The lowest BCUT2D eigenvalue weighted by Crippen LogP contribution is -2.48. The Balaban J connectivity index is 1.86. The Hall–Kier alpha value is -1.55. The average molecular weight is 361 g/mol. The van der Waals surface area contributed by atoms with E-state index in [0.29, 0.717) is 5.92 Å². The number of hydrogen-bond acceptors (Lipinski definition) is 3. The van der Waals surface area contributed by atoms with Crippen LogP contribution in [-0.4, -0.2) is 42.6 Å². The van der Waals surface area contributed by atoms with E-state index in [1.807, 2.05) is 19.9 Å². The number of carbonyl (C=O) groups is 1. The third-order valence-corrected chi connectivity index (χ3v) is 5.23. The van der Waals surface area contributed by atoms with Gasteiger partial charge in [0.05, 0.1) is 0 Å². The standard InChI is InChI=1S/C22H36N2O2/c1-6-7-12-24-13-10-19(11-14-24)23-22(25)18(5)26-21-15-17(4)8-9-20(21)16(2)3/h8-9,15-16,18-19H,6-7,10-14H2,1-5H3,(H,23,25). The first-order chi connectivity index (χ1) is 12.4. The summed E-state index contributed by atoms with van der Waals surface area (Å²) in [7, 11) is 0. The van der Waals surface area contributed by atoms with Gasteiger partial charge in [0.1, 0.15) is 5.75 Å². The molecule has 1 amide bonds. The fraction of sp³-hybridized carbons (Fsp3) is 0.682. The molecule has 0 bridgehead atoms. The first kappa shape index (κ1) is 20.8. The first-order valence-electron chi connectivity index (χ1n) is 10.2. The van der Waals surface area contributed by atoms with Gasteiger partial charge in [-0.2, -0.15) is 0 Å². The van der Waals surface area contributed by atoms with Gasteiger partial charge in [-0.1, -0.05) is 39.3 Å². The summed E-state index contributed by atoms with van der Waals surface area (Å²) in [5, 5.41) is 3.19. The Bertz CT molecular complexity index is 578. The van der Waals surface area contributed by atoms with Crippen molar-refractivity contribution in [3.05, 3.63) is 29.3 Å². The topological polar surface area (TPSA) is 41.6 Å². The maximum Gasteiger partial charge on any atom is 0.260 e. The van der Waals surface area contributed by atoms with Crippen molar-refractivity contribution < 1.29 is 9.53 Å². The highest BCUT2D eigenvalue weighted by Gasteiger charge is 2.24. The van der Waals surface area contributed by atoms with Crippen molar-refractivity contribution in [3.8, 4) is 5.75 Å². The molecular formula is C22H36N2O2. The molecule has 0 aromatic heterocycles. The average Bonchev–Trinajstić information content (AvgIpc) is 2.60. The quantitative estimate of drug-likeness (QED) is 0.753. The van der Waals surface area contributed by atoms with Gasteiger partial charge in [-0.05, 0) is 62.8 Å². The van der Waals surface area contributed by atoms with E-state index in [1.165, 1.54) is 19.4 Å². The van der Waals surface area contributed by atoms with Gasteiger partial charge < -0.3 is 15.0 Å². The van der Waals surface area contributed by atoms with E-state index < -0.39 is 6.10 Å². The van der Waals surface area contributed by atoms with Crippen LogP contribution in [0.25, 0.3) is 0 Å². The van der Waals surface area contributed by atoms with Crippen molar-refractivity contribution in [1.29, 1.82) is 0 Å². The van der Waals surface area contributed by atoms with Gasteiger partial charge in [0.2, 0.25) is 0 Å². The minimum Gasteiger partial charge on any atom is -0.481 e. The number of nitrogens with zero attached hydrogens (tertiary/aromatic N) is 1. The smallest absolute Gasteiger partial charge is 0.260 e. The normalized spacial score (nSPS) is 17.3. The second-order valence-electron chi connectivity index (χ2n) is 7.93. The molecule has 0 radical (unpaired) electrons. The molecular weight excluding hydrogens is 324 g/mol. The molecule has 1 aromatic carbocycles. The van der Waals surface area contributed by atoms with Crippen LogP contribution in [0, 0.1) is 6.92 Å². The Kier molecular flexibility index (Phi) is 7.95. The van der Waals surface area contributed by atoms with Crippen LogP contribution in [0.3, 0.4) is 0 Å². The van der Waals surface area contributed by atoms with Gasteiger partial charge in [-0.15, -0.1) is 0 Å². The second-order valence-corrected chi connectivity index (χ2v) is 7.93. The zero-order valence-corrected chi connectivity index (χ0v) is 17.2. The number of piperidine rings is 1. The molecule has 1 N–H and O–H groups in total. The minimum absolute atomic E-state index is 0.00628. The highest BCUT2D eigenvalue weighted by Crippen LogP contribution is 2.28.